The Bertz CT molecular complexity index is 1250. The summed E-state index contributed by atoms with van der Waals surface area (Å²) in [6, 6.07) is 14.9. The third kappa shape index (κ3) is 3.41. The fourth-order valence-electron chi connectivity index (χ4n) is 2.73. The first-order valence-electron chi connectivity index (χ1n) is 8.48. The number of aromatic amines is 1. The summed E-state index contributed by atoms with van der Waals surface area (Å²) >= 11 is 0. The zero-order chi connectivity index (χ0) is 19.5. The molecule has 4 aromatic rings. The average Bonchev–Trinajstić information content (AvgIpc) is 3.26. The van der Waals surface area contributed by atoms with Crippen LogP contribution in [0, 0.1) is 0 Å². The molecule has 0 saturated heterocycles. The van der Waals surface area contributed by atoms with Crippen molar-refractivity contribution < 1.29 is 9.59 Å². The van der Waals surface area contributed by atoms with E-state index in [1.54, 1.807) is 60.8 Å². The highest BCUT2D eigenvalue weighted by Gasteiger charge is 2.10. The largest absolute Gasteiger partial charge is 0.306 e. The van der Waals surface area contributed by atoms with E-state index in [9.17, 15) is 14.4 Å². The van der Waals surface area contributed by atoms with Gasteiger partial charge >= 0.3 is 0 Å². The van der Waals surface area contributed by atoms with Crippen LogP contribution in [0.3, 0.4) is 0 Å². The van der Waals surface area contributed by atoms with Crippen LogP contribution >= 0.6 is 0 Å². The first-order valence-corrected chi connectivity index (χ1v) is 8.48. The highest BCUT2D eigenvalue weighted by molar-refractivity contribution is 6.07. The number of hydrogen-bond acceptors (Lipinski definition) is 5. The van der Waals surface area contributed by atoms with Gasteiger partial charge < -0.3 is 4.98 Å². The fraction of sp³-hybridized carbons (Fsp3) is 0. The van der Waals surface area contributed by atoms with Gasteiger partial charge in [-0.25, -0.2) is 9.67 Å². The summed E-state index contributed by atoms with van der Waals surface area (Å²) < 4.78 is 1.22. The van der Waals surface area contributed by atoms with Gasteiger partial charge in [0.1, 0.15) is 5.82 Å². The normalized spacial score (nSPS) is 11.1. The lowest BCUT2D eigenvalue weighted by molar-refractivity contribution is 0.0944. The van der Waals surface area contributed by atoms with Gasteiger partial charge in [0.25, 0.3) is 11.5 Å². The molecule has 7 heteroatoms. The molecule has 0 aliphatic rings. The van der Waals surface area contributed by atoms with Gasteiger partial charge in [-0.1, -0.05) is 24.3 Å². The van der Waals surface area contributed by atoms with Crippen molar-refractivity contribution in [3.8, 4) is 0 Å². The zero-order valence-electron chi connectivity index (χ0n) is 14.6. The maximum Gasteiger partial charge on any atom is 0.278 e. The number of carbonyl (C=O) groups is 2. The number of H-pyrrole nitrogens is 1. The van der Waals surface area contributed by atoms with Crippen molar-refractivity contribution in [1.82, 2.24) is 19.7 Å². The summed E-state index contributed by atoms with van der Waals surface area (Å²) in [6.07, 6.45) is 5.86. The smallest absolute Gasteiger partial charge is 0.278 e. The van der Waals surface area contributed by atoms with Crippen molar-refractivity contribution >= 4 is 28.7 Å². The lowest BCUT2D eigenvalue weighted by Gasteiger charge is -2.02. The van der Waals surface area contributed by atoms with E-state index in [-0.39, 0.29) is 17.2 Å². The number of nitrogens with one attached hydrogen (secondary N) is 1. The molecule has 0 radical (unpaired) electrons. The molecule has 0 spiro atoms. The van der Waals surface area contributed by atoms with Crippen LogP contribution in [0.15, 0.2) is 77.9 Å². The summed E-state index contributed by atoms with van der Waals surface area (Å²) in [5.74, 6) is -0.256. The van der Waals surface area contributed by atoms with E-state index < -0.39 is 0 Å². The molecule has 2 aromatic carbocycles. The van der Waals surface area contributed by atoms with Crippen LogP contribution < -0.4 is 5.56 Å². The van der Waals surface area contributed by atoms with Crippen LogP contribution in [0.5, 0.6) is 0 Å². The number of benzene rings is 2. The molecule has 0 saturated carbocycles. The highest BCUT2D eigenvalue weighted by Crippen LogP contribution is 2.10. The molecule has 0 unspecified atom stereocenters. The molecule has 7 nitrogen and oxygen atoms in total. The molecule has 4 rings (SSSR count). The van der Waals surface area contributed by atoms with E-state index in [2.05, 4.69) is 15.1 Å². The molecule has 0 aliphatic carbocycles. The second-order valence-electron chi connectivity index (χ2n) is 6.00. The SMILES string of the molecule is O=C(C=Cc1nc2ccccc2c(=O)[nH]1)c1ccc(C(=O)n2cccn2)cc1. The van der Waals surface area contributed by atoms with Crippen LogP contribution in [0.2, 0.25) is 0 Å². The number of hydrogen-bond donors (Lipinski definition) is 1. The number of ketones is 1. The Balaban J connectivity index is 1.53. The van der Waals surface area contributed by atoms with Gasteiger partial charge in [-0.15, -0.1) is 0 Å². The molecule has 0 amide bonds. The topological polar surface area (TPSA) is 97.7 Å². The first-order chi connectivity index (χ1) is 13.6. The molecule has 136 valence electrons. The number of rotatable bonds is 4. The van der Waals surface area contributed by atoms with Crippen molar-refractivity contribution in [3.63, 3.8) is 0 Å². The second-order valence-corrected chi connectivity index (χ2v) is 6.00. The quantitative estimate of drug-likeness (QED) is 0.440. The Kier molecular flexibility index (Phi) is 4.47. The number of aromatic nitrogens is 4. The van der Waals surface area contributed by atoms with Gasteiger partial charge in [0.05, 0.1) is 10.9 Å². The summed E-state index contributed by atoms with van der Waals surface area (Å²) in [5, 5.41) is 4.38. The van der Waals surface area contributed by atoms with Crippen molar-refractivity contribution in [2.24, 2.45) is 0 Å². The van der Waals surface area contributed by atoms with E-state index >= 15 is 0 Å². The highest BCUT2D eigenvalue weighted by atomic mass is 16.2. The summed E-state index contributed by atoms with van der Waals surface area (Å²) in [4.78, 5) is 43.6. The minimum atomic E-state index is -0.280. The molecule has 1 N–H and O–H groups in total. The van der Waals surface area contributed by atoms with Gasteiger partial charge in [0.15, 0.2) is 5.78 Å². The number of para-hydroxylation sites is 1. The lowest BCUT2D eigenvalue weighted by atomic mass is 10.1. The van der Waals surface area contributed by atoms with Crippen LogP contribution in [-0.2, 0) is 0 Å². The predicted molar refractivity (Wildman–Crippen MR) is 104 cm³/mol. The van der Waals surface area contributed by atoms with Crippen LogP contribution in [-0.4, -0.2) is 31.4 Å². The molecule has 2 aromatic heterocycles. The predicted octanol–water partition coefficient (Wildman–Crippen LogP) is 2.70. The standard InChI is InChI=1S/C21H14N4O3/c26-18(10-11-19-23-17-5-2-1-4-16(17)20(27)24-19)14-6-8-15(9-7-14)21(28)25-13-3-12-22-25/h1-13H,(H,23,24,27). The first kappa shape index (κ1) is 17.3. The molecule has 0 fully saturated rings. The third-order valence-corrected chi connectivity index (χ3v) is 4.15. The fourth-order valence-corrected chi connectivity index (χ4v) is 2.73. The maximum atomic E-state index is 12.4. The Morgan fingerprint density at radius 2 is 1.71 bits per heavy atom. The lowest BCUT2D eigenvalue weighted by Crippen LogP contribution is -2.12. The van der Waals surface area contributed by atoms with Gasteiger partial charge in [-0.05, 0) is 42.5 Å². The van der Waals surface area contributed by atoms with Crippen molar-refractivity contribution in [2.75, 3.05) is 0 Å². The second kappa shape index (κ2) is 7.24. The molecule has 28 heavy (non-hydrogen) atoms. The zero-order valence-corrected chi connectivity index (χ0v) is 14.6. The Morgan fingerprint density at radius 3 is 2.46 bits per heavy atom. The number of allylic oxidation sites excluding steroid dienone is 1. The van der Waals surface area contributed by atoms with E-state index in [1.165, 1.54) is 23.0 Å². The molecule has 0 bridgehead atoms. The Morgan fingerprint density at radius 1 is 0.964 bits per heavy atom. The third-order valence-electron chi connectivity index (χ3n) is 4.15. The Labute approximate surface area is 159 Å². The number of carbonyl (C=O) groups excluding carboxylic acids is 2. The maximum absolute atomic E-state index is 12.4. The van der Waals surface area contributed by atoms with Crippen LogP contribution in [0.1, 0.15) is 26.5 Å². The van der Waals surface area contributed by atoms with Crippen LogP contribution in [0.4, 0.5) is 0 Å². The van der Waals surface area contributed by atoms with Crippen molar-refractivity contribution in [3.05, 3.63) is 100 Å². The number of nitrogens with zero attached hydrogens (tertiary/aromatic N) is 3. The Hall–Kier alpha value is -4.13. The van der Waals surface area contributed by atoms with E-state index in [1.807, 2.05) is 0 Å². The van der Waals surface area contributed by atoms with Gasteiger partial charge in [-0.3, -0.25) is 14.4 Å². The summed E-state index contributed by atoms with van der Waals surface area (Å²) in [7, 11) is 0. The van der Waals surface area contributed by atoms with E-state index in [0.717, 1.165) is 0 Å². The average molecular weight is 370 g/mol. The monoisotopic (exact) mass is 370 g/mol. The molecular formula is C21H14N4O3. The van der Waals surface area contributed by atoms with Gasteiger partial charge in [-0.2, -0.15) is 5.10 Å². The van der Waals surface area contributed by atoms with Crippen molar-refractivity contribution in [1.29, 1.82) is 0 Å². The van der Waals surface area contributed by atoms with E-state index in [4.69, 9.17) is 0 Å². The van der Waals surface area contributed by atoms with Crippen LogP contribution in [0.25, 0.3) is 17.0 Å². The van der Waals surface area contributed by atoms with E-state index in [0.29, 0.717) is 27.9 Å². The molecule has 2 heterocycles. The van der Waals surface area contributed by atoms with Gasteiger partial charge in [0, 0.05) is 23.5 Å². The minimum absolute atomic E-state index is 0.265. The van der Waals surface area contributed by atoms with Gasteiger partial charge in [0.2, 0.25) is 0 Å². The van der Waals surface area contributed by atoms with Crippen molar-refractivity contribution in [2.45, 2.75) is 0 Å². The molecule has 0 aliphatic heterocycles. The molecular weight excluding hydrogens is 356 g/mol. The summed E-state index contributed by atoms with van der Waals surface area (Å²) in [6.45, 7) is 0. The molecule has 0 atom stereocenters. The summed E-state index contributed by atoms with van der Waals surface area (Å²) in [5.41, 5.74) is 1.13. The number of fused-ring (bicyclic) bond motifs is 1. The minimum Gasteiger partial charge on any atom is -0.306 e.